The third kappa shape index (κ3) is 108. The van der Waals surface area contributed by atoms with Crippen molar-refractivity contribution in [2.45, 2.75) is 105 Å². The third-order valence-electron chi connectivity index (χ3n) is 1.34. The summed E-state index contributed by atoms with van der Waals surface area (Å²) < 4.78 is 0. The van der Waals surface area contributed by atoms with E-state index in [9.17, 15) is 0 Å². The van der Waals surface area contributed by atoms with Crippen LogP contribution < -0.4 is 0 Å². The molecule has 0 rings (SSSR count). The molecule has 0 aromatic carbocycles. The van der Waals surface area contributed by atoms with Crippen LogP contribution >= 0.6 is 19.4 Å². The molecule has 0 aliphatic heterocycles. The first-order valence-electron chi connectivity index (χ1n) is 8.06. The van der Waals surface area contributed by atoms with E-state index in [1.165, 1.54) is 0 Å². The van der Waals surface area contributed by atoms with Crippen LogP contribution in [-0.4, -0.2) is 22.2 Å². The van der Waals surface area contributed by atoms with E-state index < -0.39 is 0 Å². The zero-order valence-corrected chi connectivity index (χ0v) is 22.1. The van der Waals surface area contributed by atoms with Gasteiger partial charge in [0.05, 0.1) is 0 Å². The Hall–Kier alpha value is -0.837. The Morgan fingerprint density at radius 1 is 0.444 bits per heavy atom. The summed E-state index contributed by atoms with van der Waals surface area (Å²) in [4.78, 5) is 13.1. The molecule has 0 fully saturated rings. The van der Waals surface area contributed by atoms with Gasteiger partial charge in [-0.15, -0.1) is 0 Å². The van der Waals surface area contributed by atoms with Gasteiger partial charge in [-0.25, -0.2) is 26.3 Å². The van der Waals surface area contributed by atoms with Gasteiger partial charge in [-0.2, -0.15) is 0 Å². The molecular formula is C20H36Cl2N4Ru. The Labute approximate surface area is 185 Å². The Morgan fingerprint density at radius 3 is 0.481 bits per heavy atom. The van der Waals surface area contributed by atoms with Crippen molar-refractivity contribution in [3.8, 4) is 0 Å². The van der Waals surface area contributed by atoms with Crippen LogP contribution in [-0.2, 0) is 15.1 Å². The van der Waals surface area contributed by atoms with E-state index in [1.807, 2.05) is 83.1 Å². The summed E-state index contributed by atoms with van der Waals surface area (Å²) in [7, 11) is 9.71. The Balaban J connectivity index is -0.0000000760. The van der Waals surface area contributed by atoms with Gasteiger partial charge in [-0.3, -0.25) is 0 Å². The predicted octanol–water partition coefficient (Wildman–Crippen LogP) is 8.19. The molecule has 158 valence electrons. The number of hydrogen-bond acceptors (Lipinski definition) is 0. The van der Waals surface area contributed by atoms with Gasteiger partial charge in [-0.05, 0) is 0 Å². The molecule has 0 aromatic rings. The Bertz CT molecular complexity index is 410. The Morgan fingerprint density at radius 2 is 0.481 bits per heavy atom. The molecule has 4 nitrogen and oxygen atoms in total. The molecule has 7 heteroatoms. The molecule has 27 heavy (non-hydrogen) atoms. The second kappa shape index (κ2) is 18.5. The summed E-state index contributed by atoms with van der Waals surface area (Å²) in [5, 5.41) is 0. The predicted molar refractivity (Wildman–Crippen MR) is 117 cm³/mol. The number of hydrogen-bond donors (Lipinski definition) is 0. The van der Waals surface area contributed by atoms with Crippen LogP contribution in [0.4, 0.5) is 0 Å². The van der Waals surface area contributed by atoms with E-state index in [2.05, 4.69) is 19.4 Å². The average Bonchev–Trinajstić information content (AvgIpc) is 2.47. The van der Waals surface area contributed by atoms with Crippen LogP contribution in [0.3, 0.4) is 0 Å². The number of rotatable bonds is 0. The summed E-state index contributed by atoms with van der Waals surface area (Å²) in [6.45, 7) is 48.6. The van der Waals surface area contributed by atoms with Gasteiger partial charge in [0.1, 0.15) is 0 Å². The molecule has 0 radical (unpaired) electrons. The van der Waals surface area contributed by atoms with Gasteiger partial charge in [0, 0.05) is 83.1 Å². The fourth-order valence-corrected chi connectivity index (χ4v) is 0. The van der Waals surface area contributed by atoms with Crippen molar-refractivity contribution in [3.05, 3.63) is 45.7 Å². The molecule has 0 amide bonds. The van der Waals surface area contributed by atoms with Crippen LogP contribution in [0.15, 0.2) is 0 Å². The summed E-state index contributed by atoms with van der Waals surface area (Å²) in [5.41, 5.74) is -0.667. The Kier molecular flexibility index (Phi) is 25.4. The van der Waals surface area contributed by atoms with Crippen molar-refractivity contribution >= 4 is 19.4 Å². The first-order valence-corrected chi connectivity index (χ1v) is 12.5. The maximum absolute atomic E-state index is 6.48. The standard InChI is InChI=1S/4C5H9N.2ClH.Ru/c4*1-5(2,3)6-4;;;/h4*1-3H3;2*1H;/q;;;;;;+2/p-2. The van der Waals surface area contributed by atoms with E-state index in [4.69, 9.17) is 45.7 Å². The van der Waals surface area contributed by atoms with Crippen LogP contribution in [0.5, 0.6) is 0 Å². The van der Waals surface area contributed by atoms with E-state index >= 15 is 0 Å². The second-order valence-corrected chi connectivity index (χ2v) is 11.8. The van der Waals surface area contributed by atoms with Crippen LogP contribution in [0, 0.1) is 26.3 Å². The molecule has 0 saturated heterocycles. The average molecular weight is 505 g/mol. The zero-order valence-electron chi connectivity index (χ0n) is 18.9. The van der Waals surface area contributed by atoms with Crippen molar-refractivity contribution in [2.24, 2.45) is 0 Å². The van der Waals surface area contributed by atoms with Crippen LogP contribution in [0.1, 0.15) is 83.1 Å². The molecule has 0 unspecified atom stereocenters. The van der Waals surface area contributed by atoms with Gasteiger partial charge in [0.2, 0.25) is 22.2 Å². The molecule has 0 aliphatic carbocycles. The fourth-order valence-electron chi connectivity index (χ4n) is 0. The normalized spacial score (nSPS) is 10.0. The summed E-state index contributed by atoms with van der Waals surface area (Å²) in [6.07, 6.45) is 0. The number of nitrogens with zero attached hydrogens (tertiary/aromatic N) is 4. The van der Waals surface area contributed by atoms with Crippen molar-refractivity contribution < 1.29 is 15.1 Å². The van der Waals surface area contributed by atoms with Gasteiger partial charge in [0.15, 0.2) is 0 Å². The van der Waals surface area contributed by atoms with Crippen molar-refractivity contribution in [3.63, 3.8) is 0 Å². The SMILES string of the molecule is [C-]#[N+]C(C)(C)C.[C-]#[N+]C(C)(C)C.[C-]#[N+]C(C)(C)C.[C-]#[N+]C(C)(C)C.[Cl][Ru][Cl]. The summed E-state index contributed by atoms with van der Waals surface area (Å²) in [5.74, 6) is 0. The maximum atomic E-state index is 6.48. The molecule has 0 aromatic heterocycles. The van der Waals surface area contributed by atoms with Crippen LogP contribution in [0.2, 0.25) is 0 Å². The number of halogens is 2. The van der Waals surface area contributed by atoms with E-state index in [0.29, 0.717) is 0 Å². The summed E-state index contributed by atoms with van der Waals surface area (Å²) >= 11 is -0.346. The third-order valence-corrected chi connectivity index (χ3v) is 1.34. The first kappa shape index (κ1) is 37.0. The minimum atomic E-state index is -0.346. The zero-order chi connectivity index (χ0) is 23.5. The molecule has 0 heterocycles. The molecule has 0 saturated carbocycles. The van der Waals surface area contributed by atoms with E-state index in [-0.39, 0.29) is 37.3 Å². The van der Waals surface area contributed by atoms with Crippen LogP contribution in [0.25, 0.3) is 19.4 Å². The molecule has 0 aliphatic rings. The molecule has 0 atom stereocenters. The molecule has 0 bridgehead atoms. The van der Waals surface area contributed by atoms with Gasteiger partial charge < -0.3 is 19.4 Å². The first-order chi connectivity index (χ1) is 11.7. The minimum absolute atomic E-state index is 0.167. The van der Waals surface area contributed by atoms with E-state index in [1.54, 1.807) is 0 Å². The molecule has 0 spiro atoms. The summed E-state index contributed by atoms with van der Waals surface area (Å²) in [6, 6.07) is 0. The van der Waals surface area contributed by atoms with Gasteiger partial charge >= 0.3 is 34.5 Å². The molecular weight excluding hydrogens is 468 g/mol. The van der Waals surface area contributed by atoms with Gasteiger partial charge in [0.25, 0.3) is 0 Å². The quantitative estimate of drug-likeness (QED) is 0.234. The monoisotopic (exact) mass is 504 g/mol. The van der Waals surface area contributed by atoms with E-state index in [0.717, 1.165) is 0 Å². The fraction of sp³-hybridized carbons (Fsp3) is 0.800. The van der Waals surface area contributed by atoms with Gasteiger partial charge in [-0.1, -0.05) is 0 Å². The van der Waals surface area contributed by atoms with Crippen molar-refractivity contribution in [2.75, 3.05) is 0 Å². The van der Waals surface area contributed by atoms with Crippen molar-refractivity contribution in [1.29, 1.82) is 0 Å². The van der Waals surface area contributed by atoms with Crippen molar-refractivity contribution in [1.82, 2.24) is 0 Å². The molecule has 0 N–H and O–H groups in total. The topological polar surface area (TPSA) is 17.4 Å². The second-order valence-electron chi connectivity index (χ2n) is 9.18.